The first kappa shape index (κ1) is 20.3. The lowest BCUT2D eigenvalue weighted by atomic mass is 10.0. The summed E-state index contributed by atoms with van der Waals surface area (Å²) in [5.74, 6) is -0.295. The van der Waals surface area contributed by atoms with Crippen LogP contribution in [0.1, 0.15) is 24.5 Å². The Morgan fingerprint density at radius 1 is 1.04 bits per heavy atom. The van der Waals surface area contributed by atoms with Crippen molar-refractivity contribution in [3.63, 3.8) is 0 Å². The van der Waals surface area contributed by atoms with Gasteiger partial charge < -0.3 is 10.2 Å². The highest BCUT2D eigenvalue weighted by atomic mass is 35.5. The van der Waals surface area contributed by atoms with Crippen LogP contribution in [0.5, 0.6) is 0 Å². The van der Waals surface area contributed by atoms with Gasteiger partial charge in [0.25, 0.3) is 0 Å². The lowest BCUT2D eigenvalue weighted by molar-refractivity contribution is -0.140. The standard InChI is InChI=1S/C20H22Cl2N2O2/c1-3-19(25)24(13-15-9-10-16(21)17(22)11-15)18(20(26)23-2)12-14-7-5-4-6-8-14/h4-11,18H,3,12-13H2,1-2H3,(H,23,26). The van der Waals surface area contributed by atoms with Gasteiger partial charge in [0, 0.05) is 26.4 Å². The van der Waals surface area contributed by atoms with Crippen LogP contribution in [-0.2, 0) is 22.6 Å². The Morgan fingerprint density at radius 2 is 1.73 bits per heavy atom. The van der Waals surface area contributed by atoms with Gasteiger partial charge in [-0.2, -0.15) is 0 Å². The molecular weight excluding hydrogens is 371 g/mol. The van der Waals surface area contributed by atoms with E-state index >= 15 is 0 Å². The SMILES string of the molecule is CCC(=O)N(Cc1ccc(Cl)c(Cl)c1)C(Cc1ccccc1)C(=O)NC. The average Bonchev–Trinajstić information content (AvgIpc) is 2.66. The topological polar surface area (TPSA) is 49.4 Å². The van der Waals surface area contributed by atoms with E-state index in [9.17, 15) is 9.59 Å². The van der Waals surface area contributed by atoms with Crippen molar-refractivity contribution in [2.24, 2.45) is 0 Å². The largest absolute Gasteiger partial charge is 0.357 e. The van der Waals surface area contributed by atoms with E-state index in [4.69, 9.17) is 23.2 Å². The number of benzene rings is 2. The maximum absolute atomic E-state index is 12.6. The Labute approximate surface area is 164 Å². The second-order valence-electron chi connectivity index (χ2n) is 5.94. The molecule has 0 bridgehead atoms. The smallest absolute Gasteiger partial charge is 0.242 e. The zero-order valence-corrected chi connectivity index (χ0v) is 16.3. The van der Waals surface area contributed by atoms with Crippen LogP contribution in [-0.4, -0.2) is 29.8 Å². The monoisotopic (exact) mass is 392 g/mol. The van der Waals surface area contributed by atoms with Gasteiger partial charge in [0.1, 0.15) is 6.04 Å². The fourth-order valence-corrected chi connectivity index (χ4v) is 3.08. The number of likely N-dealkylation sites (N-methyl/N-ethyl adjacent to an activating group) is 1. The quantitative estimate of drug-likeness (QED) is 0.771. The molecule has 0 aromatic heterocycles. The van der Waals surface area contributed by atoms with Gasteiger partial charge in [0.2, 0.25) is 11.8 Å². The second kappa shape index (κ2) is 9.60. The zero-order valence-electron chi connectivity index (χ0n) is 14.8. The predicted octanol–water partition coefficient (Wildman–Crippen LogP) is 4.09. The van der Waals surface area contributed by atoms with Crippen molar-refractivity contribution < 1.29 is 9.59 Å². The van der Waals surface area contributed by atoms with Crippen molar-refractivity contribution in [1.29, 1.82) is 0 Å². The van der Waals surface area contributed by atoms with Crippen LogP contribution < -0.4 is 5.32 Å². The molecule has 0 aliphatic heterocycles. The average molecular weight is 393 g/mol. The fraction of sp³-hybridized carbons (Fsp3) is 0.300. The molecular formula is C20H22Cl2N2O2. The highest BCUT2D eigenvalue weighted by Crippen LogP contribution is 2.24. The van der Waals surface area contributed by atoms with Gasteiger partial charge in [0.05, 0.1) is 10.0 Å². The minimum absolute atomic E-state index is 0.0967. The lowest BCUT2D eigenvalue weighted by Crippen LogP contribution is -2.49. The molecule has 0 spiro atoms. The molecule has 2 aromatic rings. The summed E-state index contributed by atoms with van der Waals surface area (Å²) in [6.45, 7) is 2.07. The van der Waals surface area contributed by atoms with Crippen LogP contribution in [0.15, 0.2) is 48.5 Å². The molecule has 6 heteroatoms. The molecule has 2 aromatic carbocycles. The summed E-state index contributed by atoms with van der Waals surface area (Å²) in [6, 6.07) is 14.3. The van der Waals surface area contributed by atoms with Crippen LogP contribution in [0, 0.1) is 0 Å². The number of nitrogens with zero attached hydrogens (tertiary/aromatic N) is 1. The van der Waals surface area contributed by atoms with Crippen LogP contribution in [0.4, 0.5) is 0 Å². The Balaban J connectivity index is 2.34. The lowest BCUT2D eigenvalue weighted by Gasteiger charge is -2.31. The summed E-state index contributed by atoms with van der Waals surface area (Å²) in [7, 11) is 1.58. The number of hydrogen-bond donors (Lipinski definition) is 1. The van der Waals surface area contributed by atoms with Gasteiger partial charge in [-0.15, -0.1) is 0 Å². The molecule has 0 saturated heterocycles. The normalized spacial score (nSPS) is 11.7. The first-order valence-electron chi connectivity index (χ1n) is 8.45. The summed E-state index contributed by atoms with van der Waals surface area (Å²) in [5.41, 5.74) is 1.81. The van der Waals surface area contributed by atoms with Crippen LogP contribution in [0.25, 0.3) is 0 Å². The number of halogens is 2. The first-order valence-corrected chi connectivity index (χ1v) is 9.20. The molecule has 0 fully saturated rings. The Morgan fingerprint density at radius 3 is 2.31 bits per heavy atom. The van der Waals surface area contributed by atoms with Crippen molar-refractivity contribution >= 4 is 35.0 Å². The summed E-state index contributed by atoms with van der Waals surface area (Å²) in [6.07, 6.45) is 0.747. The van der Waals surface area contributed by atoms with E-state index in [1.54, 1.807) is 31.0 Å². The molecule has 0 radical (unpaired) electrons. The van der Waals surface area contributed by atoms with E-state index in [1.807, 2.05) is 36.4 Å². The van der Waals surface area contributed by atoms with Gasteiger partial charge in [-0.25, -0.2) is 0 Å². The van der Waals surface area contributed by atoms with Gasteiger partial charge >= 0.3 is 0 Å². The zero-order chi connectivity index (χ0) is 19.1. The van der Waals surface area contributed by atoms with Crippen LogP contribution in [0.2, 0.25) is 10.0 Å². The first-order chi connectivity index (χ1) is 12.5. The van der Waals surface area contributed by atoms with Gasteiger partial charge in [0.15, 0.2) is 0 Å². The summed E-state index contributed by atoms with van der Waals surface area (Å²) in [5, 5.41) is 3.55. The van der Waals surface area contributed by atoms with E-state index in [2.05, 4.69) is 5.32 Å². The number of rotatable bonds is 7. The third kappa shape index (κ3) is 5.23. The second-order valence-corrected chi connectivity index (χ2v) is 6.76. The highest BCUT2D eigenvalue weighted by Gasteiger charge is 2.28. The Kier molecular flexibility index (Phi) is 7.49. The Hall–Kier alpha value is -2.04. The van der Waals surface area contributed by atoms with Gasteiger partial charge in [-0.3, -0.25) is 9.59 Å². The maximum atomic E-state index is 12.6. The van der Waals surface area contributed by atoms with Gasteiger partial charge in [-0.1, -0.05) is 66.5 Å². The van der Waals surface area contributed by atoms with E-state index in [0.717, 1.165) is 11.1 Å². The van der Waals surface area contributed by atoms with Crippen LogP contribution >= 0.6 is 23.2 Å². The number of carbonyl (C=O) groups is 2. The molecule has 4 nitrogen and oxygen atoms in total. The van der Waals surface area contributed by atoms with E-state index in [0.29, 0.717) is 22.9 Å². The minimum Gasteiger partial charge on any atom is -0.357 e. The molecule has 0 aliphatic rings. The van der Waals surface area contributed by atoms with Gasteiger partial charge in [-0.05, 0) is 23.3 Å². The number of hydrogen-bond acceptors (Lipinski definition) is 2. The Bertz CT molecular complexity index is 766. The van der Waals surface area contributed by atoms with Crippen molar-refractivity contribution in [3.8, 4) is 0 Å². The molecule has 2 rings (SSSR count). The summed E-state index contributed by atoms with van der Waals surface area (Å²) < 4.78 is 0. The maximum Gasteiger partial charge on any atom is 0.242 e. The predicted molar refractivity (Wildman–Crippen MR) is 105 cm³/mol. The highest BCUT2D eigenvalue weighted by molar-refractivity contribution is 6.42. The third-order valence-electron chi connectivity index (χ3n) is 4.16. The van der Waals surface area contributed by atoms with Crippen molar-refractivity contribution in [1.82, 2.24) is 10.2 Å². The third-order valence-corrected chi connectivity index (χ3v) is 4.90. The molecule has 138 valence electrons. The molecule has 26 heavy (non-hydrogen) atoms. The minimum atomic E-state index is -0.607. The molecule has 1 atom stereocenters. The van der Waals surface area contributed by atoms with E-state index < -0.39 is 6.04 Å². The summed E-state index contributed by atoms with van der Waals surface area (Å²) in [4.78, 5) is 26.7. The molecule has 0 aliphatic carbocycles. The van der Waals surface area contributed by atoms with Crippen LogP contribution in [0.3, 0.4) is 0 Å². The van der Waals surface area contributed by atoms with Crippen molar-refractivity contribution in [2.45, 2.75) is 32.4 Å². The van der Waals surface area contributed by atoms with E-state index in [1.165, 1.54) is 0 Å². The van der Waals surface area contributed by atoms with Crippen molar-refractivity contribution in [2.75, 3.05) is 7.05 Å². The molecule has 2 amide bonds. The molecule has 1 N–H and O–H groups in total. The van der Waals surface area contributed by atoms with E-state index in [-0.39, 0.29) is 18.4 Å². The number of nitrogens with one attached hydrogen (secondary N) is 1. The molecule has 1 unspecified atom stereocenters. The molecule has 0 heterocycles. The summed E-state index contributed by atoms with van der Waals surface area (Å²) >= 11 is 12.1. The number of carbonyl (C=O) groups excluding carboxylic acids is 2. The number of amides is 2. The van der Waals surface area contributed by atoms with Crippen molar-refractivity contribution in [3.05, 3.63) is 69.7 Å². The fourth-order valence-electron chi connectivity index (χ4n) is 2.76. The molecule has 0 saturated carbocycles.